The second-order valence-corrected chi connectivity index (χ2v) is 6.51. The molecule has 0 aromatic heterocycles. The second kappa shape index (κ2) is 8.34. The quantitative estimate of drug-likeness (QED) is 0.788. The number of hydrogen-bond acceptors (Lipinski definition) is 4. The predicted octanol–water partition coefficient (Wildman–Crippen LogP) is 4.24. The smallest absolute Gasteiger partial charge is 0.333 e. The molecular weight excluding hydrogens is 354 g/mol. The van der Waals surface area contributed by atoms with Crippen molar-refractivity contribution in [3.63, 3.8) is 0 Å². The summed E-state index contributed by atoms with van der Waals surface area (Å²) in [7, 11) is 0. The Kier molecular flexibility index (Phi) is 5.91. The lowest BCUT2D eigenvalue weighted by Gasteiger charge is -2.13. The molecule has 2 atom stereocenters. The van der Waals surface area contributed by atoms with Gasteiger partial charge < -0.3 is 14.7 Å². The average Bonchev–Trinajstić information content (AvgIpc) is 3.12. The van der Waals surface area contributed by atoms with Crippen molar-refractivity contribution in [2.24, 2.45) is 5.16 Å². The molecule has 1 aliphatic rings. The molecule has 0 saturated carbocycles. The molecule has 0 amide bonds. The number of carbonyl (C=O) groups is 1. The van der Waals surface area contributed by atoms with Crippen LogP contribution < -0.4 is 0 Å². The summed E-state index contributed by atoms with van der Waals surface area (Å²) in [5, 5.41) is 14.1. The Morgan fingerprint density at radius 3 is 2.88 bits per heavy atom. The molecule has 0 radical (unpaired) electrons. The highest BCUT2D eigenvalue weighted by atomic mass is 35.5. The van der Waals surface area contributed by atoms with Crippen molar-refractivity contribution in [2.75, 3.05) is 6.61 Å². The largest absolute Gasteiger partial charge is 0.479 e. The molecule has 0 aliphatic carbocycles. The molecule has 1 heterocycles. The van der Waals surface area contributed by atoms with E-state index in [1.165, 1.54) is 0 Å². The van der Waals surface area contributed by atoms with Gasteiger partial charge in [-0.25, -0.2) is 4.79 Å². The lowest BCUT2D eigenvalue weighted by Crippen LogP contribution is -2.26. The van der Waals surface area contributed by atoms with E-state index in [2.05, 4.69) is 5.16 Å². The zero-order chi connectivity index (χ0) is 18.5. The van der Waals surface area contributed by atoms with Crippen LogP contribution in [-0.2, 0) is 20.8 Å². The number of carboxylic acids is 1. The number of aliphatic carboxylic acids is 1. The van der Waals surface area contributed by atoms with Gasteiger partial charge >= 0.3 is 5.97 Å². The lowest BCUT2D eigenvalue weighted by molar-refractivity contribution is -0.149. The Hall–Kier alpha value is -2.37. The minimum absolute atomic E-state index is 0.164. The van der Waals surface area contributed by atoms with Crippen LogP contribution in [0.25, 0.3) is 0 Å². The van der Waals surface area contributed by atoms with E-state index in [1.54, 1.807) is 6.92 Å². The summed E-state index contributed by atoms with van der Waals surface area (Å²) in [5.74, 6) is -0.959. The Labute approximate surface area is 157 Å². The topological polar surface area (TPSA) is 68.1 Å². The first-order valence-corrected chi connectivity index (χ1v) is 8.86. The number of halogens is 1. The molecule has 2 aromatic rings. The summed E-state index contributed by atoms with van der Waals surface area (Å²) in [6.45, 7) is 2.14. The van der Waals surface area contributed by atoms with Crippen molar-refractivity contribution < 1.29 is 19.5 Å². The van der Waals surface area contributed by atoms with E-state index in [0.717, 1.165) is 22.4 Å². The van der Waals surface area contributed by atoms with Crippen molar-refractivity contribution in [3.8, 4) is 0 Å². The number of rotatable bonds is 7. The number of carboxylic acid groups (broad SMARTS) is 1. The second-order valence-electron chi connectivity index (χ2n) is 6.08. The van der Waals surface area contributed by atoms with Gasteiger partial charge in [0.15, 0.2) is 12.2 Å². The fraction of sp³-hybridized carbons (Fsp3) is 0.300. The first-order valence-electron chi connectivity index (χ1n) is 8.48. The van der Waals surface area contributed by atoms with E-state index < -0.39 is 12.1 Å². The van der Waals surface area contributed by atoms with Gasteiger partial charge in [0.2, 0.25) is 0 Å². The van der Waals surface area contributed by atoms with E-state index in [9.17, 15) is 9.90 Å². The predicted molar refractivity (Wildman–Crippen MR) is 99.6 cm³/mol. The third-order valence-corrected chi connectivity index (χ3v) is 4.45. The molecule has 0 spiro atoms. The number of benzene rings is 2. The van der Waals surface area contributed by atoms with Crippen molar-refractivity contribution in [2.45, 2.75) is 32.0 Å². The van der Waals surface area contributed by atoms with Gasteiger partial charge in [-0.05, 0) is 41.8 Å². The molecule has 1 N–H and O–H groups in total. The SMILES string of the molecule is CCO[C@@H](Cc1cccc(C2=NOC(c3cccc(Cl)c3)C2)c1)C(=O)O. The first-order chi connectivity index (χ1) is 12.6. The molecule has 0 bridgehead atoms. The van der Waals surface area contributed by atoms with Gasteiger partial charge in [0.1, 0.15) is 0 Å². The van der Waals surface area contributed by atoms with Crippen LogP contribution in [0.15, 0.2) is 53.7 Å². The van der Waals surface area contributed by atoms with Gasteiger partial charge in [-0.1, -0.05) is 47.1 Å². The van der Waals surface area contributed by atoms with Gasteiger partial charge in [0.25, 0.3) is 0 Å². The first kappa shape index (κ1) is 18.4. The zero-order valence-electron chi connectivity index (χ0n) is 14.4. The van der Waals surface area contributed by atoms with Crippen LogP contribution in [0.2, 0.25) is 5.02 Å². The van der Waals surface area contributed by atoms with Gasteiger partial charge in [0.05, 0.1) is 5.71 Å². The lowest BCUT2D eigenvalue weighted by atomic mass is 9.97. The minimum atomic E-state index is -0.959. The van der Waals surface area contributed by atoms with Crippen LogP contribution >= 0.6 is 11.6 Å². The Bertz CT molecular complexity index is 821. The molecule has 5 nitrogen and oxygen atoms in total. The van der Waals surface area contributed by atoms with E-state index in [4.69, 9.17) is 21.2 Å². The summed E-state index contributed by atoms with van der Waals surface area (Å²) >= 11 is 6.04. The van der Waals surface area contributed by atoms with E-state index in [0.29, 0.717) is 24.5 Å². The standard InChI is InChI=1S/C20H20ClNO4/c1-2-25-19(20(23)24)10-13-5-3-6-14(9-13)17-12-18(26-22-17)15-7-4-8-16(21)11-15/h3-9,11,18-19H,2,10,12H2,1H3,(H,23,24)/t18?,19-/m0/s1. The summed E-state index contributed by atoms with van der Waals surface area (Å²) in [6, 6.07) is 15.2. The number of ether oxygens (including phenoxy) is 1. The fourth-order valence-corrected chi connectivity index (χ4v) is 3.14. The van der Waals surface area contributed by atoms with E-state index >= 15 is 0 Å². The molecule has 1 aliphatic heterocycles. The summed E-state index contributed by atoms with van der Waals surface area (Å²) in [4.78, 5) is 16.9. The van der Waals surface area contributed by atoms with Crippen molar-refractivity contribution >= 4 is 23.3 Å². The van der Waals surface area contributed by atoms with Crippen LogP contribution in [0.3, 0.4) is 0 Å². The Morgan fingerprint density at radius 2 is 2.15 bits per heavy atom. The Balaban J connectivity index is 1.71. The average molecular weight is 374 g/mol. The van der Waals surface area contributed by atoms with Crippen LogP contribution in [0.1, 0.15) is 36.1 Å². The summed E-state index contributed by atoms with van der Waals surface area (Å²) < 4.78 is 5.29. The highest BCUT2D eigenvalue weighted by molar-refractivity contribution is 6.30. The molecule has 2 aromatic carbocycles. The molecular formula is C20H20ClNO4. The van der Waals surface area contributed by atoms with E-state index in [-0.39, 0.29) is 6.10 Å². The summed E-state index contributed by atoms with van der Waals surface area (Å²) in [6.07, 6.45) is -0.0701. The number of hydrogen-bond donors (Lipinski definition) is 1. The highest BCUT2D eigenvalue weighted by Gasteiger charge is 2.25. The van der Waals surface area contributed by atoms with E-state index in [1.807, 2.05) is 48.5 Å². The third kappa shape index (κ3) is 4.42. The summed E-state index contributed by atoms with van der Waals surface area (Å²) in [5.41, 5.74) is 3.62. The van der Waals surface area contributed by atoms with Crippen molar-refractivity contribution in [1.29, 1.82) is 0 Å². The monoisotopic (exact) mass is 373 g/mol. The molecule has 1 unspecified atom stereocenters. The van der Waals surface area contributed by atoms with Crippen LogP contribution in [0.4, 0.5) is 0 Å². The maximum Gasteiger partial charge on any atom is 0.333 e. The normalized spacial score (nSPS) is 17.5. The molecule has 0 saturated heterocycles. The fourth-order valence-electron chi connectivity index (χ4n) is 2.94. The van der Waals surface area contributed by atoms with Crippen molar-refractivity contribution in [3.05, 3.63) is 70.2 Å². The van der Waals surface area contributed by atoms with Crippen LogP contribution in [0, 0.1) is 0 Å². The number of nitrogens with zero attached hydrogens (tertiary/aromatic N) is 1. The zero-order valence-corrected chi connectivity index (χ0v) is 15.1. The Morgan fingerprint density at radius 1 is 1.35 bits per heavy atom. The van der Waals surface area contributed by atoms with Crippen molar-refractivity contribution in [1.82, 2.24) is 0 Å². The van der Waals surface area contributed by atoms with Crippen LogP contribution in [-0.4, -0.2) is 29.5 Å². The molecule has 26 heavy (non-hydrogen) atoms. The van der Waals surface area contributed by atoms with Gasteiger partial charge in [-0.3, -0.25) is 0 Å². The van der Waals surface area contributed by atoms with Crippen LogP contribution in [0.5, 0.6) is 0 Å². The number of oxime groups is 1. The van der Waals surface area contributed by atoms with Gasteiger partial charge in [0, 0.05) is 24.5 Å². The molecule has 0 fully saturated rings. The maximum atomic E-state index is 11.3. The van der Waals surface area contributed by atoms with Gasteiger partial charge in [-0.15, -0.1) is 0 Å². The molecule has 6 heteroatoms. The highest BCUT2D eigenvalue weighted by Crippen LogP contribution is 2.31. The molecule has 3 rings (SSSR count). The van der Waals surface area contributed by atoms with Gasteiger partial charge in [-0.2, -0.15) is 0 Å². The maximum absolute atomic E-state index is 11.3. The minimum Gasteiger partial charge on any atom is -0.479 e. The third-order valence-electron chi connectivity index (χ3n) is 4.21. The molecule has 136 valence electrons.